The quantitative estimate of drug-likeness (QED) is 0.360. The molecule has 0 radical (unpaired) electrons. The fraction of sp³-hybridized carbons (Fsp3) is 0.462. The summed E-state index contributed by atoms with van der Waals surface area (Å²) in [6, 6.07) is 7.70. The molecule has 0 spiro atoms. The summed E-state index contributed by atoms with van der Waals surface area (Å²) in [6.45, 7) is 4.57. The van der Waals surface area contributed by atoms with Gasteiger partial charge in [0.05, 0.1) is 6.10 Å². The van der Waals surface area contributed by atoms with Gasteiger partial charge in [0.15, 0.2) is 5.84 Å². The normalized spacial score (nSPS) is 21.7. The molecule has 0 bridgehead atoms. The number of para-hydroxylation sites is 1. The van der Waals surface area contributed by atoms with Crippen molar-refractivity contribution in [3.63, 3.8) is 0 Å². The number of rotatable bonds is 2. The van der Waals surface area contributed by atoms with Gasteiger partial charge in [-0.15, -0.1) is 0 Å². The third kappa shape index (κ3) is 2.73. The Morgan fingerprint density at radius 2 is 2.28 bits per heavy atom. The maximum atomic E-state index is 8.84. The van der Waals surface area contributed by atoms with Crippen LogP contribution in [0.5, 0.6) is 0 Å². The number of benzene rings is 1. The lowest BCUT2D eigenvalue weighted by atomic mass is 10.1. The Hall–Kier alpha value is -1.75. The van der Waals surface area contributed by atoms with Crippen LogP contribution in [0, 0.1) is 0 Å². The third-order valence-electron chi connectivity index (χ3n) is 3.08. The van der Waals surface area contributed by atoms with Crippen LogP contribution in [0.4, 0.5) is 5.69 Å². The molecule has 0 aromatic heterocycles. The van der Waals surface area contributed by atoms with Gasteiger partial charge in [-0.2, -0.15) is 0 Å². The van der Waals surface area contributed by atoms with Gasteiger partial charge in [0.25, 0.3) is 0 Å². The van der Waals surface area contributed by atoms with Gasteiger partial charge < -0.3 is 20.6 Å². The van der Waals surface area contributed by atoms with Gasteiger partial charge in [0.1, 0.15) is 0 Å². The number of hydrogen-bond donors (Lipinski definition) is 2. The van der Waals surface area contributed by atoms with Crippen molar-refractivity contribution in [3.05, 3.63) is 29.8 Å². The summed E-state index contributed by atoms with van der Waals surface area (Å²) >= 11 is 0. The molecular formula is C13H19N3O2. The van der Waals surface area contributed by atoms with E-state index in [1.807, 2.05) is 24.3 Å². The summed E-state index contributed by atoms with van der Waals surface area (Å²) in [6.07, 6.45) is 1.17. The van der Waals surface area contributed by atoms with Crippen LogP contribution in [0.15, 0.2) is 29.4 Å². The Morgan fingerprint density at radius 1 is 1.50 bits per heavy atom. The van der Waals surface area contributed by atoms with Gasteiger partial charge in [-0.05, 0) is 25.5 Å². The van der Waals surface area contributed by atoms with Crippen LogP contribution < -0.4 is 10.6 Å². The van der Waals surface area contributed by atoms with E-state index >= 15 is 0 Å². The Balaban J connectivity index is 2.31. The van der Waals surface area contributed by atoms with Crippen LogP contribution in [-0.2, 0) is 4.74 Å². The van der Waals surface area contributed by atoms with Gasteiger partial charge in [-0.3, -0.25) is 0 Å². The van der Waals surface area contributed by atoms with E-state index in [0.717, 1.165) is 37.4 Å². The number of hydrogen-bond acceptors (Lipinski definition) is 4. The van der Waals surface area contributed by atoms with E-state index in [2.05, 4.69) is 17.0 Å². The largest absolute Gasteiger partial charge is 0.409 e. The highest BCUT2D eigenvalue weighted by Gasteiger charge is 2.18. The molecule has 1 atom stereocenters. The second-order valence-electron chi connectivity index (χ2n) is 4.48. The zero-order valence-electron chi connectivity index (χ0n) is 10.5. The highest BCUT2D eigenvalue weighted by molar-refractivity contribution is 6.02. The van der Waals surface area contributed by atoms with Crippen molar-refractivity contribution in [1.29, 1.82) is 0 Å². The summed E-state index contributed by atoms with van der Waals surface area (Å²) in [5, 5.41) is 11.9. The predicted octanol–water partition coefficient (Wildman–Crippen LogP) is 1.40. The highest BCUT2D eigenvalue weighted by Crippen LogP contribution is 2.22. The molecule has 0 saturated carbocycles. The lowest BCUT2D eigenvalue weighted by Crippen LogP contribution is -2.32. The molecule has 1 fully saturated rings. The van der Waals surface area contributed by atoms with Gasteiger partial charge >= 0.3 is 0 Å². The minimum absolute atomic E-state index is 0.142. The first-order chi connectivity index (χ1) is 8.72. The predicted molar refractivity (Wildman–Crippen MR) is 71.2 cm³/mol. The van der Waals surface area contributed by atoms with E-state index in [4.69, 9.17) is 15.7 Å². The molecule has 1 heterocycles. The van der Waals surface area contributed by atoms with Crippen molar-refractivity contribution >= 4 is 11.5 Å². The number of oxime groups is 1. The van der Waals surface area contributed by atoms with Gasteiger partial charge in [0, 0.05) is 30.9 Å². The average Bonchev–Trinajstić information content (AvgIpc) is 2.62. The standard InChI is InChI=1S/C13H19N3O2/c1-10-9-16(7-4-8-18-10)12-6-3-2-5-11(12)13(14)15-17/h2-3,5-6,10,17H,4,7-9H2,1H3,(H2,14,15). The molecule has 2 rings (SSSR count). The number of nitrogens with two attached hydrogens (primary N) is 1. The van der Waals surface area contributed by atoms with E-state index in [1.165, 1.54) is 0 Å². The summed E-state index contributed by atoms with van der Waals surface area (Å²) in [5.74, 6) is 0.142. The molecule has 1 aliphatic heterocycles. The highest BCUT2D eigenvalue weighted by atomic mass is 16.5. The monoisotopic (exact) mass is 249 g/mol. The number of nitrogens with zero attached hydrogens (tertiary/aromatic N) is 2. The Kier molecular flexibility index (Phi) is 4.04. The van der Waals surface area contributed by atoms with Crippen LogP contribution in [0.1, 0.15) is 18.9 Å². The second-order valence-corrected chi connectivity index (χ2v) is 4.48. The van der Waals surface area contributed by atoms with E-state index in [0.29, 0.717) is 0 Å². The van der Waals surface area contributed by atoms with Crippen molar-refractivity contribution in [2.45, 2.75) is 19.4 Å². The summed E-state index contributed by atoms with van der Waals surface area (Å²) in [7, 11) is 0. The minimum atomic E-state index is 0.142. The maximum Gasteiger partial charge on any atom is 0.172 e. The Bertz CT molecular complexity index is 434. The fourth-order valence-corrected chi connectivity index (χ4v) is 2.23. The van der Waals surface area contributed by atoms with Gasteiger partial charge in [-0.25, -0.2) is 0 Å². The molecule has 1 saturated heterocycles. The van der Waals surface area contributed by atoms with Crippen molar-refractivity contribution in [2.75, 3.05) is 24.6 Å². The molecule has 1 aliphatic rings. The first kappa shape index (κ1) is 12.7. The van der Waals surface area contributed by atoms with E-state index in [1.54, 1.807) is 0 Å². The van der Waals surface area contributed by atoms with Gasteiger partial charge in [-0.1, -0.05) is 17.3 Å². The van der Waals surface area contributed by atoms with Crippen LogP contribution in [0.2, 0.25) is 0 Å². The smallest absolute Gasteiger partial charge is 0.172 e. The SMILES string of the molecule is CC1CN(c2ccccc2/C(N)=N/O)CCCO1. The Morgan fingerprint density at radius 3 is 3.06 bits per heavy atom. The molecule has 0 aliphatic carbocycles. The van der Waals surface area contributed by atoms with Crippen molar-refractivity contribution in [1.82, 2.24) is 0 Å². The lowest BCUT2D eigenvalue weighted by Gasteiger charge is -2.26. The second kappa shape index (κ2) is 5.73. The van der Waals surface area contributed by atoms with Crippen molar-refractivity contribution in [2.24, 2.45) is 10.9 Å². The van der Waals surface area contributed by atoms with Crippen molar-refractivity contribution < 1.29 is 9.94 Å². The molecule has 98 valence electrons. The van der Waals surface area contributed by atoms with E-state index in [9.17, 15) is 0 Å². The molecule has 1 aromatic carbocycles. The maximum absolute atomic E-state index is 8.84. The summed E-state index contributed by atoms with van der Waals surface area (Å²) in [5.41, 5.74) is 7.47. The molecule has 18 heavy (non-hydrogen) atoms. The van der Waals surface area contributed by atoms with Gasteiger partial charge in [0.2, 0.25) is 0 Å². The van der Waals surface area contributed by atoms with Crippen molar-refractivity contribution in [3.8, 4) is 0 Å². The van der Waals surface area contributed by atoms with Crippen LogP contribution in [-0.4, -0.2) is 36.8 Å². The number of amidine groups is 1. The molecule has 3 N–H and O–H groups in total. The topological polar surface area (TPSA) is 71.1 Å². The third-order valence-corrected chi connectivity index (χ3v) is 3.08. The van der Waals surface area contributed by atoms with E-state index in [-0.39, 0.29) is 11.9 Å². The first-order valence-corrected chi connectivity index (χ1v) is 6.16. The molecule has 5 nitrogen and oxygen atoms in total. The zero-order valence-corrected chi connectivity index (χ0v) is 10.5. The van der Waals surface area contributed by atoms with Crippen LogP contribution in [0.25, 0.3) is 0 Å². The molecule has 1 aromatic rings. The lowest BCUT2D eigenvalue weighted by molar-refractivity contribution is 0.0821. The Labute approximate surface area is 107 Å². The first-order valence-electron chi connectivity index (χ1n) is 6.16. The average molecular weight is 249 g/mol. The number of ether oxygens (including phenoxy) is 1. The molecule has 0 amide bonds. The fourth-order valence-electron chi connectivity index (χ4n) is 2.23. The molecular weight excluding hydrogens is 230 g/mol. The van der Waals surface area contributed by atoms with Crippen LogP contribution in [0.3, 0.4) is 0 Å². The van der Waals surface area contributed by atoms with Crippen LogP contribution >= 0.6 is 0 Å². The molecule has 1 unspecified atom stereocenters. The summed E-state index contributed by atoms with van der Waals surface area (Å²) in [4.78, 5) is 2.23. The number of anilines is 1. The summed E-state index contributed by atoms with van der Waals surface area (Å²) < 4.78 is 5.63. The minimum Gasteiger partial charge on any atom is -0.409 e. The molecule has 5 heteroatoms. The van der Waals surface area contributed by atoms with E-state index < -0.39 is 0 Å². The zero-order chi connectivity index (χ0) is 13.0.